The summed E-state index contributed by atoms with van der Waals surface area (Å²) < 4.78 is 5.32. The summed E-state index contributed by atoms with van der Waals surface area (Å²) in [6.45, 7) is 5.68. The zero-order chi connectivity index (χ0) is 11.6. The summed E-state index contributed by atoms with van der Waals surface area (Å²) >= 11 is 6.20. The summed E-state index contributed by atoms with van der Waals surface area (Å²) in [6.07, 6.45) is 0.0995. The van der Waals surface area contributed by atoms with Crippen molar-refractivity contribution in [1.29, 1.82) is 0 Å². The minimum atomic E-state index is -0.419. The van der Waals surface area contributed by atoms with Gasteiger partial charge in [0, 0.05) is 12.0 Å². The Labute approximate surface area is 95.8 Å². The number of ether oxygens (including phenoxy) is 1. The molecule has 0 heterocycles. The van der Waals surface area contributed by atoms with Crippen LogP contribution < -0.4 is 4.74 Å². The summed E-state index contributed by atoms with van der Waals surface area (Å²) in [5.74, 6) is 0.784. The minimum Gasteiger partial charge on any atom is -0.496 e. The van der Waals surface area contributed by atoms with Gasteiger partial charge in [0.1, 0.15) is 5.75 Å². The third kappa shape index (κ3) is 2.64. The molecule has 0 aliphatic rings. The van der Waals surface area contributed by atoms with Crippen LogP contribution in [0.5, 0.6) is 5.75 Å². The highest BCUT2D eigenvalue weighted by molar-refractivity contribution is 6.32. The average Bonchev–Trinajstić information content (AvgIpc) is 2.13. The van der Waals surface area contributed by atoms with Gasteiger partial charge in [0.05, 0.1) is 18.2 Å². The normalized spacial score (nSPS) is 12.7. The maximum absolute atomic E-state index is 9.42. The van der Waals surface area contributed by atoms with Gasteiger partial charge in [0.2, 0.25) is 0 Å². The van der Waals surface area contributed by atoms with Crippen molar-refractivity contribution in [2.45, 2.75) is 33.3 Å². The largest absolute Gasteiger partial charge is 0.496 e. The second kappa shape index (κ2) is 4.86. The van der Waals surface area contributed by atoms with E-state index in [1.165, 1.54) is 0 Å². The van der Waals surface area contributed by atoms with E-state index in [0.29, 0.717) is 11.4 Å². The Balaban J connectivity index is 3.30. The molecule has 2 nitrogen and oxygen atoms in total. The van der Waals surface area contributed by atoms with E-state index in [4.69, 9.17) is 16.3 Å². The first-order chi connectivity index (χ1) is 6.97. The van der Waals surface area contributed by atoms with Crippen LogP contribution in [-0.2, 0) is 6.42 Å². The maximum atomic E-state index is 9.42. The van der Waals surface area contributed by atoms with E-state index in [0.717, 1.165) is 22.4 Å². The summed E-state index contributed by atoms with van der Waals surface area (Å²) in [6, 6.07) is 1.99. The maximum Gasteiger partial charge on any atom is 0.126 e. The monoisotopic (exact) mass is 228 g/mol. The predicted molar refractivity (Wildman–Crippen MR) is 62.9 cm³/mol. The van der Waals surface area contributed by atoms with Gasteiger partial charge in [0.25, 0.3) is 0 Å². The molecule has 1 unspecified atom stereocenters. The molecule has 1 aromatic carbocycles. The van der Waals surface area contributed by atoms with E-state index in [1.54, 1.807) is 14.0 Å². The molecular weight excluding hydrogens is 212 g/mol. The van der Waals surface area contributed by atoms with Gasteiger partial charge in [-0.25, -0.2) is 0 Å². The van der Waals surface area contributed by atoms with Crippen LogP contribution in [-0.4, -0.2) is 18.3 Å². The quantitative estimate of drug-likeness (QED) is 0.862. The van der Waals surface area contributed by atoms with Gasteiger partial charge in [-0.3, -0.25) is 0 Å². The Morgan fingerprint density at radius 2 is 2.00 bits per heavy atom. The van der Waals surface area contributed by atoms with E-state index in [1.807, 2.05) is 19.9 Å². The van der Waals surface area contributed by atoms with Crippen LogP contribution in [0, 0.1) is 13.8 Å². The molecule has 0 aliphatic carbocycles. The highest BCUT2D eigenvalue weighted by atomic mass is 35.5. The fourth-order valence-corrected chi connectivity index (χ4v) is 2.01. The molecule has 0 spiro atoms. The topological polar surface area (TPSA) is 29.5 Å². The lowest BCUT2D eigenvalue weighted by molar-refractivity contribution is 0.194. The Morgan fingerprint density at radius 1 is 1.40 bits per heavy atom. The van der Waals surface area contributed by atoms with Crippen molar-refractivity contribution in [1.82, 2.24) is 0 Å². The molecule has 0 saturated carbocycles. The number of rotatable bonds is 3. The first kappa shape index (κ1) is 12.3. The summed E-state index contributed by atoms with van der Waals surface area (Å²) in [5.41, 5.74) is 2.97. The first-order valence-corrected chi connectivity index (χ1v) is 5.35. The van der Waals surface area contributed by atoms with Crippen LogP contribution in [0.15, 0.2) is 6.07 Å². The molecule has 15 heavy (non-hydrogen) atoms. The van der Waals surface area contributed by atoms with Crippen molar-refractivity contribution in [3.63, 3.8) is 0 Å². The van der Waals surface area contributed by atoms with Crippen molar-refractivity contribution in [3.05, 3.63) is 27.8 Å². The van der Waals surface area contributed by atoms with Crippen LogP contribution in [0.1, 0.15) is 23.6 Å². The number of aliphatic hydroxyl groups is 1. The number of halogens is 1. The Hall–Kier alpha value is -0.730. The van der Waals surface area contributed by atoms with Crippen LogP contribution in [0.2, 0.25) is 5.02 Å². The molecule has 84 valence electrons. The van der Waals surface area contributed by atoms with Gasteiger partial charge in [0.15, 0.2) is 0 Å². The van der Waals surface area contributed by atoms with E-state index in [2.05, 4.69) is 0 Å². The first-order valence-electron chi connectivity index (χ1n) is 4.98. The number of aliphatic hydroxyl groups excluding tert-OH is 1. The lowest BCUT2D eigenvalue weighted by Gasteiger charge is -2.16. The molecule has 0 saturated heterocycles. The third-order valence-corrected chi connectivity index (χ3v) is 2.91. The molecule has 0 aliphatic heterocycles. The van der Waals surface area contributed by atoms with Gasteiger partial charge < -0.3 is 9.84 Å². The van der Waals surface area contributed by atoms with Crippen LogP contribution in [0.3, 0.4) is 0 Å². The fraction of sp³-hybridized carbons (Fsp3) is 0.500. The zero-order valence-electron chi connectivity index (χ0n) is 9.60. The number of aryl methyl sites for hydroxylation is 2. The average molecular weight is 229 g/mol. The highest BCUT2D eigenvalue weighted by Crippen LogP contribution is 2.33. The van der Waals surface area contributed by atoms with E-state index < -0.39 is 6.10 Å². The van der Waals surface area contributed by atoms with Crippen molar-refractivity contribution in [2.24, 2.45) is 0 Å². The predicted octanol–water partition coefficient (Wildman–Crippen LogP) is 2.89. The van der Waals surface area contributed by atoms with E-state index in [9.17, 15) is 5.11 Å². The summed E-state index contributed by atoms with van der Waals surface area (Å²) in [5, 5.41) is 10.1. The molecule has 0 radical (unpaired) electrons. The summed E-state index contributed by atoms with van der Waals surface area (Å²) in [4.78, 5) is 0. The van der Waals surface area contributed by atoms with Crippen molar-refractivity contribution in [2.75, 3.05) is 7.11 Å². The Bertz CT molecular complexity index is 359. The molecule has 0 aromatic heterocycles. The minimum absolute atomic E-state index is 0.419. The number of hydrogen-bond acceptors (Lipinski definition) is 2. The standard InChI is InChI=1S/C12H17ClO2/c1-7-5-8(2)12(15-4)10(11(7)13)6-9(3)14/h5,9,14H,6H2,1-4H3. The van der Waals surface area contributed by atoms with Crippen LogP contribution in [0.25, 0.3) is 0 Å². The van der Waals surface area contributed by atoms with Crippen LogP contribution >= 0.6 is 11.6 Å². The van der Waals surface area contributed by atoms with Gasteiger partial charge in [-0.15, -0.1) is 0 Å². The molecule has 0 bridgehead atoms. The molecule has 3 heteroatoms. The number of hydrogen-bond donors (Lipinski definition) is 1. The smallest absolute Gasteiger partial charge is 0.126 e. The fourth-order valence-electron chi connectivity index (χ4n) is 1.79. The van der Waals surface area contributed by atoms with Gasteiger partial charge in [-0.2, -0.15) is 0 Å². The second-order valence-electron chi connectivity index (χ2n) is 3.89. The second-order valence-corrected chi connectivity index (χ2v) is 4.27. The Morgan fingerprint density at radius 3 is 2.47 bits per heavy atom. The molecule has 0 amide bonds. The van der Waals surface area contributed by atoms with Crippen molar-refractivity contribution in [3.8, 4) is 5.75 Å². The molecule has 1 aromatic rings. The van der Waals surface area contributed by atoms with Gasteiger partial charge in [-0.1, -0.05) is 17.7 Å². The van der Waals surface area contributed by atoms with Crippen molar-refractivity contribution < 1.29 is 9.84 Å². The molecule has 1 N–H and O–H groups in total. The van der Waals surface area contributed by atoms with E-state index in [-0.39, 0.29) is 0 Å². The molecule has 1 atom stereocenters. The molecule has 1 rings (SSSR count). The zero-order valence-corrected chi connectivity index (χ0v) is 10.4. The molecule has 0 fully saturated rings. The molecular formula is C12H17ClO2. The lowest BCUT2D eigenvalue weighted by Crippen LogP contribution is -2.08. The highest BCUT2D eigenvalue weighted by Gasteiger charge is 2.15. The Kier molecular flexibility index (Phi) is 4.00. The third-order valence-electron chi connectivity index (χ3n) is 2.38. The van der Waals surface area contributed by atoms with Crippen molar-refractivity contribution >= 4 is 11.6 Å². The lowest BCUT2D eigenvalue weighted by atomic mass is 10.0. The number of methoxy groups -OCH3 is 1. The number of benzene rings is 1. The SMILES string of the molecule is COc1c(C)cc(C)c(Cl)c1CC(C)O. The van der Waals surface area contributed by atoms with E-state index >= 15 is 0 Å². The summed E-state index contributed by atoms with van der Waals surface area (Å²) in [7, 11) is 1.62. The van der Waals surface area contributed by atoms with Gasteiger partial charge >= 0.3 is 0 Å². The van der Waals surface area contributed by atoms with Gasteiger partial charge in [-0.05, 0) is 31.9 Å². The van der Waals surface area contributed by atoms with Crippen LogP contribution in [0.4, 0.5) is 0 Å².